The number of pyridine rings is 1. The molecule has 6 heteroatoms. The van der Waals surface area contributed by atoms with E-state index < -0.39 is 0 Å². The lowest BCUT2D eigenvalue weighted by molar-refractivity contribution is -0.121. The molecule has 136 valence electrons. The van der Waals surface area contributed by atoms with Crippen molar-refractivity contribution in [1.82, 2.24) is 20.2 Å². The fraction of sp³-hybridized carbons (Fsp3) is 0.400. The summed E-state index contributed by atoms with van der Waals surface area (Å²) in [6.45, 7) is 5.04. The average molecular weight is 352 g/mol. The zero-order chi connectivity index (χ0) is 17.8. The van der Waals surface area contributed by atoms with Crippen molar-refractivity contribution in [3.63, 3.8) is 0 Å². The van der Waals surface area contributed by atoms with Gasteiger partial charge in [0.05, 0.1) is 24.9 Å². The molecule has 2 N–H and O–H groups in total. The van der Waals surface area contributed by atoms with E-state index in [2.05, 4.69) is 38.4 Å². The van der Waals surface area contributed by atoms with Crippen LogP contribution < -0.4 is 5.32 Å². The van der Waals surface area contributed by atoms with E-state index in [9.17, 15) is 4.79 Å². The third-order valence-corrected chi connectivity index (χ3v) is 4.91. The van der Waals surface area contributed by atoms with Crippen LogP contribution in [0.5, 0.6) is 0 Å². The maximum atomic E-state index is 12.1. The van der Waals surface area contributed by atoms with E-state index in [1.165, 1.54) is 10.8 Å². The molecule has 1 aliphatic rings. The van der Waals surface area contributed by atoms with Gasteiger partial charge in [-0.05, 0) is 18.6 Å². The predicted molar refractivity (Wildman–Crippen MR) is 102 cm³/mol. The number of hydrogen-bond donors (Lipinski definition) is 2. The molecule has 0 radical (unpaired) electrons. The summed E-state index contributed by atoms with van der Waals surface area (Å²) in [7, 11) is 0. The second-order valence-corrected chi connectivity index (χ2v) is 6.70. The molecule has 0 unspecified atom stereocenters. The molecule has 6 nitrogen and oxygen atoms in total. The monoisotopic (exact) mass is 352 g/mol. The van der Waals surface area contributed by atoms with Gasteiger partial charge in [0, 0.05) is 54.6 Å². The lowest BCUT2D eigenvalue weighted by Crippen LogP contribution is -2.41. The van der Waals surface area contributed by atoms with Crippen molar-refractivity contribution in [1.29, 1.82) is 0 Å². The number of H-pyrrole nitrogens is 1. The van der Waals surface area contributed by atoms with Crippen molar-refractivity contribution in [2.45, 2.75) is 12.8 Å². The second kappa shape index (κ2) is 7.85. The Labute approximate surface area is 152 Å². The second-order valence-electron chi connectivity index (χ2n) is 6.70. The molecule has 1 fully saturated rings. The molecule has 1 amide bonds. The maximum absolute atomic E-state index is 12.1. The summed E-state index contributed by atoms with van der Waals surface area (Å²) >= 11 is 0. The van der Waals surface area contributed by atoms with Crippen molar-refractivity contribution < 1.29 is 9.53 Å². The van der Waals surface area contributed by atoms with E-state index in [1.54, 1.807) is 0 Å². The van der Waals surface area contributed by atoms with Crippen LogP contribution in [0, 0.1) is 0 Å². The zero-order valence-corrected chi connectivity index (χ0v) is 14.8. The van der Waals surface area contributed by atoms with Gasteiger partial charge in [0.2, 0.25) is 5.91 Å². The van der Waals surface area contributed by atoms with Gasteiger partial charge in [-0.15, -0.1) is 0 Å². The fourth-order valence-corrected chi connectivity index (χ4v) is 3.44. The molecule has 0 aliphatic carbocycles. The number of ether oxygens (including phenoxy) is 1. The number of nitrogens with zero attached hydrogens (tertiary/aromatic N) is 2. The normalized spacial score (nSPS) is 15.5. The van der Waals surface area contributed by atoms with Crippen LogP contribution >= 0.6 is 0 Å². The Morgan fingerprint density at radius 1 is 1.19 bits per heavy atom. The topological polar surface area (TPSA) is 70.2 Å². The van der Waals surface area contributed by atoms with Crippen LogP contribution in [0.25, 0.3) is 21.8 Å². The van der Waals surface area contributed by atoms with Crippen LogP contribution in [0.1, 0.15) is 12.1 Å². The van der Waals surface area contributed by atoms with E-state index in [0.717, 1.165) is 49.6 Å². The van der Waals surface area contributed by atoms with E-state index >= 15 is 0 Å². The first kappa shape index (κ1) is 17.0. The highest BCUT2D eigenvalue weighted by Gasteiger charge is 2.11. The molecule has 1 aromatic carbocycles. The molecule has 4 rings (SSSR count). The molecule has 0 bridgehead atoms. The van der Waals surface area contributed by atoms with E-state index in [-0.39, 0.29) is 5.91 Å². The average Bonchev–Trinajstić information content (AvgIpc) is 3.05. The van der Waals surface area contributed by atoms with Crippen molar-refractivity contribution in [3.8, 4) is 0 Å². The van der Waals surface area contributed by atoms with Crippen LogP contribution in [-0.2, 0) is 16.0 Å². The minimum atomic E-state index is 0.0825. The molecule has 2 aromatic heterocycles. The predicted octanol–water partition coefficient (Wildman–Crippen LogP) is 2.10. The molecular weight excluding hydrogens is 328 g/mol. The van der Waals surface area contributed by atoms with Gasteiger partial charge < -0.3 is 15.0 Å². The van der Waals surface area contributed by atoms with Gasteiger partial charge in [0.25, 0.3) is 0 Å². The van der Waals surface area contributed by atoms with E-state index in [4.69, 9.17) is 4.74 Å². The number of fused-ring (bicyclic) bond motifs is 3. The highest BCUT2D eigenvalue weighted by molar-refractivity contribution is 6.06. The summed E-state index contributed by atoms with van der Waals surface area (Å²) in [4.78, 5) is 22.3. The Morgan fingerprint density at radius 2 is 2.04 bits per heavy atom. The Morgan fingerprint density at radius 3 is 2.92 bits per heavy atom. The number of carbonyl (C=O) groups excluding carboxylic acids is 1. The number of aromatic amines is 1. The number of amides is 1. The molecule has 0 saturated carbocycles. The van der Waals surface area contributed by atoms with Gasteiger partial charge in [0.1, 0.15) is 0 Å². The van der Waals surface area contributed by atoms with Gasteiger partial charge >= 0.3 is 0 Å². The van der Waals surface area contributed by atoms with Crippen LogP contribution in [0.3, 0.4) is 0 Å². The van der Waals surface area contributed by atoms with Crippen molar-refractivity contribution >= 4 is 27.7 Å². The molecule has 26 heavy (non-hydrogen) atoms. The number of aryl methyl sites for hydroxylation is 1. The summed E-state index contributed by atoms with van der Waals surface area (Å²) in [5, 5.41) is 5.37. The summed E-state index contributed by atoms with van der Waals surface area (Å²) in [5.74, 6) is 0.0825. The summed E-state index contributed by atoms with van der Waals surface area (Å²) in [5.41, 5.74) is 3.10. The number of para-hydroxylation sites is 1. The first-order valence-electron chi connectivity index (χ1n) is 9.22. The Bertz CT molecular complexity index is 899. The van der Waals surface area contributed by atoms with E-state index in [1.807, 2.05) is 18.3 Å². The largest absolute Gasteiger partial charge is 0.379 e. The standard InChI is InChI=1S/C20H24N4O2/c25-20(21-7-8-24-9-11-26-12-10-24)6-5-15-13-17-16-3-1-2-4-18(16)23-19(17)14-22-15/h1-4,13-14,23H,5-12H2,(H,21,25). The summed E-state index contributed by atoms with van der Waals surface area (Å²) in [6.07, 6.45) is 2.98. The fourth-order valence-electron chi connectivity index (χ4n) is 3.44. The first-order chi connectivity index (χ1) is 12.8. The minimum Gasteiger partial charge on any atom is -0.379 e. The lowest BCUT2D eigenvalue weighted by atomic mass is 10.1. The molecule has 1 aliphatic heterocycles. The smallest absolute Gasteiger partial charge is 0.220 e. The Balaban J connectivity index is 1.31. The molecule has 0 spiro atoms. The number of aromatic nitrogens is 2. The van der Waals surface area contributed by atoms with Crippen LogP contribution in [0.4, 0.5) is 0 Å². The van der Waals surface area contributed by atoms with Crippen molar-refractivity contribution in [2.24, 2.45) is 0 Å². The first-order valence-corrected chi connectivity index (χ1v) is 9.22. The Kier molecular flexibility index (Phi) is 5.13. The third kappa shape index (κ3) is 3.86. The molecule has 0 atom stereocenters. The lowest BCUT2D eigenvalue weighted by Gasteiger charge is -2.26. The Hall–Kier alpha value is -2.44. The van der Waals surface area contributed by atoms with Gasteiger partial charge in [-0.3, -0.25) is 14.7 Å². The number of rotatable bonds is 6. The van der Waals surface area contributed by atoms with Gasteiger partial charge in [-0.1, -0.05) is 18.2 Å². The summed E-state index contributed by atoms with van der Waals surface area (Å²) < 4.78 is 5.33. The maximum Gasteiger partial charge on any atom is 0.220 e. The zero-order valence-electron chi connectivity index (χ0n) is 14.8. The van der Waals surface area contributed by atoms with Gasteiger partial charge in [0.15, 0.2) is 0 Å². The van der Waals surface area contributed by atoms with Crippen molar-refractivity contribution in [3.05, 3.63) is 42.2 Å². The summed E-state index contributed by atoms with van der Waals surface area (Å²) in [6, 6.07) is 10.3. The van der Waals surface area contributed by atoms with E-state index in [0.29, 0.717) is 19.4 Å². The van der Waals surface area contributed by atoms with Crippen molar-refractivity contribution in [2.75, 3.05) is 39.4 Å². The number of morpholine rings is 1. The number of hydrogen-bond acceptors (Lipinski definition) is 4. The van der Waals surface area contributed by atoms with Gasteiger partial charge in [-0.25, -0.2) is 0 Å². The van der Waals surface area contributed by atoms with Gasteiger partial charge in [-0.2, -0.15) is 0 Å². The highest BCUT2D eigenvalue weighted by Crippen LogP contribution is 2.25. The molecule has 1 saturated heterocycles. The van der Waals surface area contributed by atoms with Crippen LogP contribution in [0.15, 0.2) is 36.5 Å². The molecule has 3 heterocycles. The quantitative estimate of drug-likeness (QED) is 0.713. The third-order valence-electron chi connectivity index (χ3n) is 4.91. The highest BCUT2D eigenvalue weighted by atomic mass is 16.5. The minimum absolute atomic E-state index is 0.0825. The van der Waals surface area contributed by atoms with Crippen LogP contribution in [0.2, 0.25) is 0 Å². The number of nitrogens with one attached hydrogen (secondary N) is 2. The number of benzene rings is 1. The van der Waals surface area contributed by atoms with Crippen LogP contribution in [-0.4, -0.2) is 60.2 Å². The molecule has 3 aromatic rings. The number of carbonyl (C=O) groups is 1. The molecular formula is C20H24N4O2. The SMILES string of the molecule is O=C(CCc1cc2c(cn1)[nH]c1ccccc12)NCCN1CCOCC1.